The Morgan fingerprint density at radius 2 is 1.88 bits per heavy atom. The van der Waals surface area contributed by atoms with Crippen LogP contribution in [0.2, 0.25) is 0 Å². The van der Waals surface area contributed by atoms with Crippen LogP contribution < -0.4 is 16.0 Å². The average Bonchev–Trinajstić information content (AvgIpc) is 3.31. The van der Waals surface area contributed by atoms with E-state index in [4.69, 9.17) is 4.99 Å². The lowest BCUT2D eigenvalue weighted by molar-refractivity contribution is 0.0963. The number of aromatic nitrogens is 2. The van der Waals surface area contributed by atoms with Crippen LogP contribution in [0.15, 0.2) is 72.0 Å². The molecule has 8 heteroatoms. The summed E-state index contributed by atoms with van der Waals surface area (Å²) in [5, 5.41) is 13.6. The summed E-state index contributed by atoms with van der Waals surface area (Å²) in [5.41, 5.74) is 4.16. The van der Waals surface area contributed by atoms with Gasteiger partial charge in [-0.3, -0.25) is 9.48 Å². The van der Waals surface area contributed by atoms with E-state index in [2.05, 4.69) is 40.1 Å². The molecule has 0 aliphatic heterocycles. The zero-order chi connectivity index (χ0) is 21.9. The summed E-state index contributed by atoms with van der Waals surface area (Å²) in [4.78, 5) is 16.6. The number of nitrogens with zero attached hydrogens (tertiary/aromatic N) is 3. The summed E-state index contributed by atoms with van der Waals surface area (Å²) in [7, 11) is 1.64. The molecule has 0 unspecified atom stereocenters. The summed E-state index contributed by atoms with van der Waals surface area (Å²) in [6.07, 6.45) is 4.55. The van der Waals surface area contributed by atoms with E-state index in [0.717, 1.165) is 37.6 Å². The third-order valence-corrected chi connectivity index (χ3v) is 4.88. The molecule has 0 aliphatic rings. The zero-order valence-electron chi connectivity index (χ0n) is 18.5. The number of nitrogens with one attached hydrogen (secondary N) is 3. The van der Waals surface area contributed by atoms with Crippen LogP contribution in [0, 0.1) is 0 Å². The Bertz CT molecular complexity index is 1000. The highest BCUT2D eigenvalue weighted by Crippen LogP contribution is 2.12. The molecule has 2 aromatic carbocycles. The second kappa shape index (κ2) is 13.5. The van der Waals surface area contributed by atoms with E-state index in [-0.39, 0.29) is 29.9 Å². The van der Waals surface area contributed by atoms with Gasteiger partial charge in [-0.05, 0) is 48.2 Å². The zero-order valence-corrected chi connectivity index (χ0v) is 20.9. The van der Waals surface area contributed by atoms with Crippen LogP contribution in [-0.4, -0.2) is 41.8 Å². The van der Waals surface area contributed by atoms with Crippen molar-refractivity contribution in [3.05, 3.63) is 89.2 Å². The first kappa shape index (κ1) is 25.4. The Kier molecular flexibility index (Phi) is 10.7. The molecule has 32 heavy (non-hydrogen) atoms. The Morgan fingerprint density at radius 3 is 2.59 bits per heavy atom. The Labute approximate surface area is 206 Å². The lowest BCUT2D eigenvalue weighted by atomic mass is 10.1. The molecule has 1 aromatic heterocycles. The van der Waals surface area contributed by atoms with Crippen molar-refractivity contribution in [1.29, 1.82) is 0 Å². The van der Waals surface area contributed by atoms with Gasteiger partial charge >= 0.3 is 0 Å². The minimum Gasteiger partial charge on any atom is -0.357 e. The number of hydrogen-bond acceptors (Lipinski definition) is 3. The first-order valence-electron chi connectivity index (χ1n) is 10.6. The van der Waals surface area contributed by atoms with Crippen molar-refractivity contribution in [3.8, 4) is 0 Å². The van der Waals surface area contributed by atoms with E-state index in [1.165, 1.54) is 11.1 Å². The predicted molar refractivity (Wildman–Crippen MR) is 140 cm³/mol. The number of benzene rings is 2. The number of aliphatic imine (C=N–C) groups is 1. The summed E-state index contributed by atoms with van der Waals surface area (Å²) < 4.78 is 1.92. The molecule has 3 N–H and O–H groups in total. The fourth-order valence-corrected chi connectivity index (χ4v) is 3.28. The Hall–Kier alpha value is -2.88. The lowest BCUT2D eigenvalue weighted by Crippen LogP contribution is -2.38. The molecule has 0 bridgehead atoms. The van der Waals surface area contributed by atoms with Crippen molar-refractivity contribution < 1.29 is 4.79 Å². The van der Waals surface area contributed by atoms with Crippen molar-refractivity contribution >= 4 is 35.8 Å². The molecule has 3 aromatic rings. The standard InChI is InChI=1S/C24H30N6O.HI/c1-3-26-24(27-14-12-19-8-6-11-20(16-19)23(31)25-2)28-17-21-9-4-5-10-22(21)18-30-15-7-13-29-30;/h4-11,13,15-16H,3,12,14,17-18H2,1-2H3,(H,25,31)(H2,26,27,28);1H. The Balaban J connectivity index is 0.00000363. The molecule has 1 amide bonds. The van der Waals surface area contributed by atoms with Crippen LogP contribution >= 0.6 is 24.0 Å². The van der Waals surface area contributed by atoms with Gasteiger partial charge in [0.05, 0.1) is 13.1 Å². The van der Waals surface area contributed by atoms with Crippen molar-refractivity contribution in [1.82, 2.24) is 25.7 Å². The van der Waals surface area contributed by atoms with Crippen LogP contribution in [0.4, 0.5) is 0 Å². The summed E-state index contributed by atoms with van der Waals surface area (Å²) in [5.74, 6) is 0.706. The van der Waals surface area contributed by atoms with Gasteiger partial charge in [0.1, 0.15) is 0 Å². The second-order valence-electron chi connectivity index (χ2n) is 7.12. The second-order valence-corrected chi connectivity index (χ2v) is 7.12. The fraction of sp³-hybridized carbons (Fsp3) is 0.292. The molecule has 170 valence electrons. The molecule has 0 aliphatic carbocycles. The molecule has 0 saturated heterocycles. The van der Waals surface area contributed by atoms with Gasteiger partial charge in [0, 0.05) is 38.1 Å². The van der Waals surface area contributed by atoms with E-state index in [1.54, 1.807) is 13.2 Å². The molecular formula is C24H31IN6O. The van der Waals surface area contributed by atoms with Gasteiger partial charge in [-0.25, -0.2) is 4.99 Å². The highest BCUT2D eigenvalue weighted by Gasteiger charge is 2.06. The average molecular weight is 546 g/mol. The van der Waals surface area contributed by atoms with Crippen LogP contribution in [0.3, 0.4) is 0 Å². The summed E-state index contributed by atoms with van der Waals surface area (Å²) >= 11 is 0. The molecule has 1 heterocycles. The van der Waals surface area contributed by atoms with Crippen LogP contribution in [0.1, 0.15) is 34.0 Å². The highest BCUT2D eigenvalue weighted by molar-refractivity contribution is 14.0. The lowest BCUT2D eigenvalue weighted by Gasteiger charge is -2.13. The molecule has 3 rings (SSSR count). The van der Waals surface area contributed by atoms with Crippen LogP contribution in [-0.2, 0) is 19.5 Å². The SMILES string of the molecule is CCNC(=NCc1ccccc1Cn1cccn1)NCCc1cccc(C(=O)NC)c1.I. The molecule has 0 spiro atoms. The minimum absolute atomic E-state index is 0. The van der Waals surface area contributed by atoms with Gasteiger partial charge < -0.3 is 16.0 Å². The van der Waals surface area contributed by atoms with Crippen LogP contribution in [0.5, 0.6) is 0 Å². The van der Waals surface area contributed by atoms with E-state index < -0.39 is 0 Å². The van der Waals surface area contributed by atoms with Crippen molar-refractivity contribution in [2.45, 2.75) is 26.4 Å². The normalized spacial score (nSPS) is 10.9. The summed E-state index contributed by atoms with van der Waals surface area (Å²) in [6.45, 7) is 4.86. The molecule has 0 fully saturated rings. The number of guanidine groups is 1. The number of rotatable bonds is 9. The Morgan fingerprint density at radius 1 is 1.06 bits per heavy atom. The summed E-state index contributed by atoms with van der Waals surface area (Å²) in [6, 6.07) is 17.9. The molecular weight excluding hydrogens is 515 g/mol. The number of hydrogen-bond donors (Lipinski definition) is 3. The van der Waals surface area contributed by atoms with E-state index in [9.17, 15) is 4.79 Å². The predicted octanol–water partition coefficient (Wildman–Crippen LogP) is 3.21. The van der Waals surface area contributed by atoms with Crippen molar-refractivity contribution in [3.63, 3.8) is 0 Å². The monoisotopic (exact) mass is 546 g/mol. The van der Waals surface area contributed by atoms with Gasteiger partial charge in [-0.2, -0.15) is 5.10 Å². The topological polar surface area (TPSA) is 83.3 Å². The van der Waals surface area contributed by atoms with E-state index in [1.807, 2.05) is 53.3 Å². The molecule has 0 saturated carbocycles. The maximum absolute atomic E-state index is 11.8. The maximum atomic E-state index is 11.8. The first-order valence-corrected chi connectivity index (χ1v) is 10.6. The fourth-order valence-electron chi connectivity index (χ4n) is 3.28. The quantitative estimate of drug-likeness (QED) is 0.219. The highest BCUT2D eigenvalue weighted by atomic mass is 127. The van der Waals surface area contributed by atoms with Crippen LogP contribution in [0.25, 0.3) is 0 Å². The minimum atomic E-state index is -0.0708. The van der Waals surface area contributed by atoms with Gasteiger partial charge in [-0.15, -0.1) is 24.0 Å². The molecule has 7 nitrogen and oxygen atoms in total. The van der Waals surface area contributed by atoms with Gasteiger partial charge in [0.15, 0.2) is 5.96 Å². The number of amides is 1. The van der Waals surface area contributed by atoms with Crippen molar-refractivity contribution in [2.24, 2.45) is 4.99 Å². The third-order valence-electron chi connectivity index (χ3n) is 4.88. The van der Waals surface area contributed by atoms with Gasteiger partial charge in [0.25, 0.3) is 5.91 Å². The molecule has 0 radical (unpaired) electrons. The maximum Gasteiger partial charge on any atom is 0.251 e. The van der Waals surface area contributed by atoms with Crippen molar-refractivity contribution in [2.75, 3.05) is 20.1 Å². The van der Waals surface area contributed by atoms with E-state index in [0.29, 0.717) is 12.1 Å². The number of carbonyl (C=O) groups excluding carboxylic acids is 1. The molecule has 0 atom stereocenters. The number of halogens is 1. The van der Waals surface area contributed by atoms with E-state index >= 15 is 0 Å². The van der Waals surface area contributed by atoms with Gasteiger partial charge in [-0.1, -0.05) is 36.4 Å². The third kappa shape index (κ3) is 7.67. The number of carbonyl (C=O) groups is 1. The largest absolute Gasteiger partial charge is 0.357 e. The van der Waals surface area contributed by atoms with Gasteiger partial charge in [0.2, 0.25) is 0 Å². The first-order chi connectivity index (χ1) is 15.2. The smallest absolute Gasteiger partial charge is 0.251 e.